The molecule has 1 fully saturated rings. The summed E-state index contributed by atoms with van der Waals surface area (Å²) in [7, 11) is 0. The van der Waals surface area contributed by atoms with Crippen LogP contribution in [0.2, 0.25) is 0 Å². The van der Waals surface area contributed by atoms with E-state index >= 15 is 0 Å². The van der Waals surface area contributed by atoms with Crippen molar-refractivity contribution in [2.75, 3.05) is 0 Å². The van der Waals surface area contributed by atoms with Crippen LogP contribution in [0.15, 0.2) is 24.3 Å². The Hall–Kier alpha value is -1.35. The van der Waals surface area contributed by atoms with Crippen molar-refractivity contribution in [1.29, 1.82) is 0 Å². The summed E-state index contributed by atoms with van der Waals surface area (Å²) in [5, 5.41) is 3.03. The lowest BCUT2D eigenvalue weighted by atomic mass is 10.1. The number of hydrogen-bond donors (Lipinski definition) is 2. The van der Waals surface area contributed by atoms with Crippen LogP contribution in [0.3, 0.4) is 0 Å². The van der Waals surface area contributed by atoms with Gasteiger partial charge in [-0.3, -0.25) is 10.1 Å². The van der Waals surface area contributed by atoms with Crippen LogP contribution < -0.4 is 11.1 Å². The number of hydrogen-bond acceptors (Lipinski definition) is 2. The predicted octanol–water partition coefficient (Wildman–Crippen LogP) is 0.493. The van der Waals surface area contributed by atoms with Gasteiger partial charge in [0.1, 0.15) is 6.04 Å². The third-order valence-electron chi connectivity index (χ3n) is 2.33. The molecule has 13 heavy (non-hydrogen) atoms. The lowest BCUT2D eigenvalue weighted by Crippen LogP contribution is -2.20. The number of amides is 1. The number of aryl methyl sites for hydroxylation is 1. The van der Waals surface area contributed by atoms with E-state index in [0.29, 0.717) is 0 Å². The highest BCUT2D eigenvalue weighted by atomic mass is 16.1. The Balaban J connectivity index is 2.12. The van der Waals surface area contributed by atoms with Crippen LogP contribution in [0.5, 0.6) is 0 Å². The van der Waals surface area contributed by atoms with E-state index in [0.717, 1.165) is 5.56 Å². The summed E-state index contributed by atoms with van der Waals surface area (Å²) in [5.74, 6) is -0.273. The molecule has 0 radical (unpaired) electrons. The van der Waals surface area contributed by atoms with E-state index in [1.165, 1.54) is 5.56 Å². The molecular weight excluding hydrogens is 164 g/mol. The SMILES string of the molecule is Cc1ccc([C@@H]2N[C@H]2C(N)=O)cc1. The maximum absolute atomic E-state index is 10.8. The van der Waals surface area contributed by atoms with Gasteiger partial charge in [-0.05, 0) is 12.5 Å². The smallest absolute Gasteiger partial charge is 0.236 e. The summed E-state index contributed by atoms with van der Waals surface area (Å²) in [4.78, 5) is 10.8. The van der Waals surface area contributed by atoms with Gasteiger partial charge in [0.05, 0.1) is 6.04 Å². The normalized spacial score (nSPS) is 25.6. The molecule has 68 valence electrons. The molecule has 3 heteroatoms. The van der Waals surface area contributed by atoms with Crippen molar-refractivity contribution in [2.24, 2.45) is 5.73 Å². The van der Waals surface area contributed by atoms with Gasteiger partial charge in [-0.1, -0.05) is 29.8 Å². The second-order valence-corrected chi connectivity index (χ2v) is 3.44. The van der Waals surface area contributed by atoms with Gasteiger partial charge < -0.3 is 5.73 Å². The van der Waals surface area contributed by atoms with Gasteiger partial charge in [-0.25, -0.2) is 0 Å². The fraction of sp³-hybridized carbons (Fsp3) is 0.300. The number of nitrogens with one attached hydrogen (secondary N) is 1. The van der Waals surface area contributed by atoms with Gasteiger partial charge >= 0.3 is 0 Å². The minimum Gasteiger partial charge on any atom is -0.368 e. The lowest BCUT2D eigenvalue weighted by molar-refractivity contribution is -0.117. The lowest BCUT2D eigenvalue weighted by Gasteiger charge is -1.97. The van der Waals surface area contributed by atoms with Gasteiger partial charge in [0.15, 0.2) is 0 Å². The molecule has 1 aromatic rings. The topological polar surface area (TPSA) is 65.0 Å². The van der Waals surface area contributed by atoms with Crippen molar-refractivity contribution in [3.8, 4) is 0 Å². The molecule has 0 aromatic heterocycles. The first kappa shape index (κ1) is 8.26. The third kappa shape index (κ3) is 1.55. The monoisotopic (exact) mass is 176 g/mol. The van der Waals surface area contributed by atoms with Crippen LogP contribution >= 0.6 is 0 Å². The van der Waals surface area contributed by atoms with E-state index in [2.05, 4.69) is 5.32 Å². The maximum Gasteiger partial charge on any atom is 0.236 e. The number of carbonyl (C=O) groups excluding carboxylic acids is 1. The van der Waals surface area contributed by atoms with Gasteiger partial charge in [-0.2, -0.15) is 0 Å². The second-order valence-electron chi connectivity index (χ2n) is 3.44. The fourth-order valence-electron chi connectivity index (χ4n) is 1.45. The average molecular weight is 176 g/mol. The van der Waals surface area contributed by atoms with Gasteiger partial charge in [0.2, 0.25) is 5.91 Å². The summed E-state index contributed by atoms with van der Waals surface area (Å²) < 4.78 is 0. The molecule has 0 saturated carbocycles. The van der Waals surface area contributed by atoms with Crippen molar-refractivity contribution in [3.63, 3.8) is 0 Å². The largest absolute Gasteiger partial charge is 0.368 e. The molecule has 1 saturated heterocycles. The summed E-state index contributed by atoms with van der Waals surface area (Å²) in [6.07, 6.45) is 0. The Morgan fingerprint density at radius 1 is 1.38 bits per heavy atom. The average Bonchev–Trinajstić information content (AvgIpc) is 2.85. The zero-order valence-electron chi connectivity index (χ0n) is 7.45. The molecule has 1 amide bonds. The zero-order valence-corrected chi connectivity index (χ0v) is 7.45. The molecule has 0 unspecified atom stereocenters. The molecule has 1 heterocycles. The summed E-state index contributed by atoms with van der Waals surface area (Å²) in [5.41, 5.74) is 7.51. The number of nitrogens with two attached hydrogens (primary N) is 1. The van der Waals surface area contributed by atoms with Crippen LogP contribution in [-0.4, -0.2) is 11.9 Å². The Morgan fingerprint density at radius 2 is 2.00 bits per heavy atom. The van der Waals surface area contributed by atoms with Crippen LogP contribution in [-0.2, 0) is 4.79 Å². The highest BCUT2D eigenvalue weighted by molar-refractivity contribution is 5.84. The van der Waals surface area contributed by atoms with E-state index in [9.17, 15) is 4.79 Å². The first-order valence-corrected chi connectivity index (χ1v) is 4.30. The van der Waals surface area contributed by atoms with Crippen molar-refractivity contribution >= 4 is 5.91 Å². The van der Waals surface area contributed by atoms with Crippen molar-refractivity contribution in [3.05, 3.63) is 35.4 Å². The highest BCUT2D eigenvalue weighted by Gasteiger charge is 2.41. The quantitative estimate of drug-likeness (QED) is 0.644. The summed E-state index contributed by atoms with van der Waals surface area (Å²) in [6.45, 7) is 2.04. The number of primary amides is 1. The van der Waals surface area contributed by atoms with Crippen molar-refractivity contribution in [2.45, 2.75) is 19.0 Å². The van der Waals surface area contributed by atoms with E-state index in [-0.39, 0.29) is 18.0 Å². The molecule has 1 aliphatic heterocycles. The molecule has 2 atom stereocenters. The molecule has 0 bridgehead atoms. The molecule has 3 N–H and O–H groups in total. The third-order valence-corrected chi connectivity index (χ3v) is 2.33. The van der Waals surface area contributed by atoms with Crippen molar-refractivity contribution < 1.29 is 4.79 Å². The van der Waals surface area contributed by atoms with E-state index in [1.54, 1.807) is 0 Å². The molecule has 1 aliphatic rings. The van der Waals surface area contributed by atoms with Gasteiger partial charge in [0, 0.05) is 0 Å². The number of carbonyl (C=O) groups is 1. The van der Waals surface area contributed by atoms with Crippen LogP contribution in [0.1, 0.15) is 17.2 Å². The molecule has 2 rings (SSSR count). The number of benzene rings is 1. The Bertz CT molecular complexity index is 331. The molecule has 1 aromatic carbocycles. The van der Waals surface area contributed by atoms with Crippen LogP contribution in [0.25, 0.3) is 0 Å². The first-order chi connectivity index (χ1) is 6.18. The van der Waals surface area contributed by atoms with E-state index in [1.807, 2.05) is 31.2 Å². The van der Waals surface area contributed by atoms with E-state index in [4.69, 9.17) is 5.73 Å². The Kier molecular flexibility index (Phi) is 1.81. The highest BCUT2D eigenvalue weighted by Crippen LogP contribution is 2.29. The van der Waals surface area contributed by atoms with Gasteiger partial charge in [0.25, 0.3) is 0 Å². The van der Waals surface area contributed by atoms with Crippen LogP contribution in [0, 0.1) is 6.92 Å². The van der Waals surface area contributed by atoms with Crippen LogP contribution in [0.4, 0.5) is 0 Å². The Morgan fingerprint density at radius 3 is 2.46 bits per heavy atom. The van der Waals surface area contributed by atoms with E-state index < -0.39 is 0 Å². The number of rotatable bonds is 2. The molecule has 3 nitrogen and oxygen atoms in total. The molecular formula is C10H12N2O. The summed E-state index contributed by atoms with van der Waals surface area (Å²) in [6, 6.07) is 8.09. The first-order valence-electron chi connectivity index (χ1n) is 4.30. The van der Waals surface area contributed by atoms with Crippen molar-refractivity contribution in [1.82, 2.24) is 5.32 Å². The zero-order chi connectivity index (χ0) is 9.42. The minimum absolute atomic E-state index is 0.137. The minimum atomic E-state index is -0.273. The second kappa shape index (κ2) is 2.85. The Labute approximate surface area is 76.9 Å². The summed E-state index contributed by atoms with van der Waals surface area (Å²) >= 11 is 0. The van der Waals surface area contributed by atoms with Gasteiger partial charge in [-0.15, -0.1) is 0 Å². The molecule has 0 spiro atoms. The molecule has 0 aliphatic carbocycles. The fourth-order valence-corrected chi connectivity index (χ4v) is 1.45. The predicted molar refractivity (Wildman–Crippen MR) is 50.0 cm³/mol. The maximum atomic E-state index is 10.8. The standard InChI is InChI=1S/C10H12N2O/c1-6-2-4-7(5-3-6)8-9(12-8)10(11)13/h2-5,8-9,12H,1H3,(H2,11,13)/t8-,9+/m0/s1.